The Bertz CT molecular complexity index is 107. The van der Waals surface area contributed by atoms with Gasteiger partial charge in [-0.05, 0) is 12.1 Å². The largest absolute Gasteiger partial charge is 0.320 e. The van der Waals surface area contributed by atoms with E-state index in [1.807, 2.05) is 0 Å². The molecular formula is C9H22NSi2. The van der Waals surface area contributed by atoms with Crippen LogP contribution < -0.4 is 0 Å². The van der Waals surface area contributed by atoms with E-state index in [2.05, 4.69) is 45.4 Å². The number of hydrogen-bond acceptors (Lipinski definition) is 1. The maximum absolute atomic E-state index is 2.70. The molecule has 0 fully saturated rings. The van der Waals surface area contributed by atoms with Gasteiger partial charge < -0.3 is 4.57 Å². The van der Waals surface area contributed by atoms with Gasteiger partial charge in [0.25, 0.3) is 0 Å². The lowest BCUT2D eigenvalue weighted by Gasteiger charge is -2.35. The molecule has 0 aliphatic heterocycles. The van der Waals surface area contributed by atoms with Crippen molar-refractivity contribution in [2.75, 3.05) is 0 Å². The molecule has 0 aromatic rings. The number of nitrogens with zero attached hydrogens (tertiary/aromatic N) is 1. The van der Waals surface area contributed by atoms with Gasteiger partial charge in [-0.15, -0.1) is 0 Å². The molecule has 0 bridgehead atoms. The number of hydrogen-bond donors (Lipinski definition) is 0. The normalized spacial score (nSPS) is 12.5. The maximum atomic E-state index is 2.70. The fourth-order valence-electron chi connectivity index (χ4n) is 1.82. The lowest BCUT2D eigenvalue weighted by atomic mass is 10.3. The molecule has 0 unspecified atom stereocenters. The average molecular weight is 200 g/mol. The SMILES string of the molecule is C[Si]C[Si](C)N(C(C)C)C(C)C. The van der Waals surface area contributed by atoms with Gasteiger partial charge in [-0.2, -0.15) is 0 Å². The van der Waals surface area contributed by atoms with Crippen LogP contribution in [0.25, 0.3) is 0 Å². The third-order valence-corrected chi connectivity index (χ3v) is 7.36. The average Bonchev–Trinajstić information content (AvgIpc) is 1.85. The predicted octanol–water partition coefficient (Wildman–Crippen LogP) is 2.44. The quantitative estimate of drug-likeness (QED) is 0.616. The molecule has 0 amide bonds. The molecule has 71 valence electrons. The molecule has 0 heterocycles. The Morgan fingerprint density at radius 3 is 1.83 bits per heavy atom. The van der Waals surface area contributed by atoms with Gasteiger partial charge in [-0.25, -0.2) is 0 Å². The van der Waals surface area contributed by atoms with E-state index >= 15 is 0 Å². The summed E-state index contributed by atoms with van der Waals surface area (Å²) in [7, 11) is 0.888. The van der Waals surface area contributed by atoms with Crippen LogP contribution >= 0.6 is 0 Å². The van der Waals surface area contributed by atoms with E-state index in [1.165, 1.54) is 5.67 Å². The van der Waals surface area contributed by atoms with Crippen molar-refractivity contribution in [3.8, 4) is 0 Å². The van der Waals surface area contributed by atoms with E-state index < -0.39 is 0 Å². The highest BCUT2D eigenvalue weighted by Crippen LogP contribution is 2.10. The topological polar surface area (TPSA) is 3.24 Å². The van der Waals surface area contributed by atoms with E-state index in [1.54, 1.807) is 0 Å². The van der Waals surface area contributed by atoms with Crippen LogP contribution in [-0.2, 0) is 0 Å². The molecule has 0 N–H and O–H groups in total. The minimum Gasteiger partial charge on any atom is -0.320 e. The van der Waals surface area contributed by atoms with Crippen LogP contribution in [0.1, 0.15) is 27.7 Å². The Labute approximate surface area is 82.1 Å². The monoisotopic (exact) mass is 200 g/mol. The van der Waals surface area contributed by atoms with Crippen LogP contribution in [-0.4, -0.2) is 35.1 Å². The van der Waals surface area contributed by atoms with Crippen molar-refractivity contribution in [1.29, 1.82) is 0 Å². The first kappa shape index (κ1) is 12.4. The summed E-state index contributed by atoms with van der Waals surface area (Å²) in [5, 5.41) is 0. The Kier molecular flexibility index (Phi) is 6.14. The fraction of sp³-hybridized carbons (Fsp3) is 1.00. The zero-order valence-electron chi connectivity index (χ0n) is 9.31. The van der Waals surface area contributed by atoms with Gasteiger partial charge in [0.05, 0.1) is 0 Å². The van der Waals surface area contributed by atoms with Crippen molar-refractivity contribution in [2.24, 2.45) is 0 Å². The molecule has 0 saturated heterocycles. The van der Waals surface area contributed by atoms with Crippen LogP contribution in [0.3, 0.4) is 0 Å². The minimum absolute atomic E-state index is 0.232. The van der Waals surface area contributed by atoms with Crippen LogP contribution in [0.2, 0.25) is 18.8 Å². The van der Waals surface area contributed by atoms with Gasteiger partial charge in [0.1, 0.15) is 8.96 Å². The van der Waals surface area contributed by atoms with Crippen molar-refractivity contribution in [3.63, 3.8) is 0 Å². The zero-order chi connectivity index (χ0) is 9.72. The summed E-state index contributed by atoms with van der Waals surface area (Å²) >= 11 is 0. The highest BCUT2D eigenvalue weighted by molar-refractivity contribution is 6.66. The Balaban J connectivity index is 4.09. The zero-order valence-corrected chi connectivity index (χ0v) is 11.3. The van der Waals surface area contributed by atoms with Gasteiger partial charge in [0.15, 0.2) is 0 Å². The molecule has 0 aromatic heterocycles. The predicted molar refractivity (Wildman–Crippen MR) is 60.2 cm³/mol. The lowest BCUT2D eigenvalue weighted by Crippen LogP contribution is -2.46. The molecule has 1 nitrogen and oxygen atoms in total. The van der Waals surface area contributed by atoms with Crippen LogP contribution in [0.15, 0.2) is 0 Å². The fourth-order valence-corrected chi connectivity index (χ4v) is 6.37. The standard InChI is InChI=1S/C9H22NSi2/c1-8(2)10(9(3)4)12(6)7-11-5/h8-9H,7H2,1-6H3. The first-order valence-corrected chi connectivity index (χ1v) is 8.62. The molecule has 12 heavy (non-hydrogen) atoms. The van der Waals surface area contributed by atoms with Gasteiger partial charge in [-0.1, -0.05) is 46.5 Å². The molecule has 0 atom stereocenters. The molecular weight excluding hydrogens is 178 g/mol. The summed E-state index contributed by atoms with van der Waals surface area (Å²) in [6, 6.07) is 1.44. The summed E-state index contributed by atoms with van der Waals surface area (Å²) < 4.78 is 2.70. The Hall–Kier alpha value is 0.394. The van der Waals surface area contributed by atoms with Crippen molar-refractivity contribution >= 4 is 18.5 Å². The minimum atomic E-state index is -0.232. The first-order valence-electron chi connectivity index (χ1n) is 4.76. The summed E-state index contributed by atoms with van der Waals surface area (Å²) in [4.78, 5) is 0. The summed E-state index contributed by atoms with van der Waals surface area (Å²) in [6.45, 7) is 14.0. The van der Waals surface area contributed by atoms with Gasteiger partial charge >= 0.3 is 0 Å². The molecule has 0 aliphatic carbocycles. The van der Waals surface area contributed by atoms with E-state index in [9.17, 15) is 0 Å². The van der Waals surface area contributed by atoms with Crippen molar-refractivity contribution in [3.05, 3.63) is 0 Å². The van der Waals surface area contributed by atoms with Gasteiger partial charge in [0, 0.05) is 9.52 Å². The van der Waals surface area contributed by atoms with E-state index in [-0.39, 0.29) is 8.96 Å². The lowest BCUT2D eigenvalue weighted by molar-refractivity contribution is 0.305. The Morgan fingerprint density at radius 2 is 1.58 bits per heavy atom. The summed E-state index contributed by atoms with van der Waals surface area (Å²) in [6.07, 6.45) is 0. The highest BCUT2D eigenvalue weighted by atomic mass is 28.3. The second kappa shape index (κ2) is 5.94. The first-order chi connectivity index (χ1) is 5.50. The third kappa shape index (κ3) is 3.87. The van der Waals surface area contributed by atoms with Crippen molar-refractivity contribution in [2.45, 2.75) is 58.5 Å². The van der Waals surface area contributed by atoms with E-state index in [0.717, 1.165) is 21.6 Å². The smallest absolute Gasteiger partial charge is 0.130 e. The molecule has 3 heteroatoms. The second-order valence-corrected chi connectivity index (χ2v) is 7.97. The van der Waals surface area contributed by atoms with Crippen LogP contribution in [0.5, 0.6) is 0 Å². The van der Waals surface area contributed by atoms with Gasteiger partial charge in [-0.3, -0.25) is 0 Å². The second-order valence-electron chi connectivity index (χ2n) is 3.86. The van der Waals surface area contributed by atoms with Crippen LogP contribution in [0, 0.1) is 0 Å². The third-order valence-electron chi connectivity index (χ3n) is 1.99. The number of rotatable bonds is 5. The molecule has 0 spiro atoms. The maximum Gasteiger partial charge on any atom is 0.130 e. The van der Waals surface area contributed by atoms with Gasteiger partial charge in [0.2, 0.25) is 0 Å². The summed E-state index contributed by atoms with van der Waals surface area (Å²) in [5.41, 5.74) is 1.45. The molecule has 0 aromatic carbocycles. The molecule has 0 rings (SSSR count). The van der Waals surface area contributed by atoms with Crippen molar-refractivity contribution in [1.82, 2.24) is 4.57 Å². The highest BCUT2D eigenvalue weighted by Gasteiger charge is 2.20. The van der Waals surface area contributed by atoms with Crippen LogP contribution in [0.4, 0.5) is 0 Å². The van der Waals surface area contributed by atoms with E-state index in [4.69, 9.17) is 0 Å². The molecule has 0 aliphatic rings. The van der Waals surface area contributed by atoms with E-state index in [0.29, 0.717) is 0 Å². The summed E-state index contributed by atoms with van der Waals surface area (Å²) in [5.74, 6) is 0. The van der Waals surface area contributed by atoms with Crippen molar-refractivity contribution < 1.29 is 0 Å². The Morgan fingerprint density at radius 1 is 1.17 bits per heavy atom. The molecule has 0 saturated carbocycles. The molecule has 3 radical (unpaired) electrons.